The number of thiophene rings is 1. The third kappa shape index (κ3) is 23.5. The summed E-state index contributed by atoms with van der Waals surface area (Å²) in [6, 6.07) is 1.95. The molecule has 1 saturated heterocycles. The van der Waals surface area contributed by atoms with Crippen molar-refractivity contribution in [1.29, 1.82) is 0 Å². The van der Waals surface area contributed by atoms with Gasteiger partial charge in [-0.15, -0.1) is 11.3 Å². The van der Waals surface area contributed by atoms with E-state index in [1.807, 2.05) is 37.8 Å². The summed E-state index contributed by atoms with van der Waals surface area (Å²) in [4.78, 5) is 49.8. The molecule has 28 heteroatoms. The highest BCUT2D eigenvalue weighted by Gasteiger charge is 2.35. The maximum atomic E-state index is 14.0. The molecule has 436 valence electrons. The van der Waals surface area contributed by atoms with Gasteiger partial charge in [-0.1, -0.05) is 6.92 Å². The lowest BCUT2D eigenvalue weighted by atomic mass is 9.95. The van der Waals surface area contributed by atoms with Gasteiger partial charge in [-0.2, -0.15) is 17.2 Å². The second-order valence-electron chi connectivity index (χ2n) is 17.1. The molecule has 2 aliphatic rings. The summed E-state index contributed by atoms with van der Waals surface area (Å²) in [5, 5.41) is 1.44. The summed E-state index contributed by atoms with van der Waals surface area (Å²) in [6.07, 6.45) is 3.44. The molecule has 0 bridgehead atoms. The lowest BCUT2D eigenvalue weighted by molar-refractivity contribution is -0.192. The number of hydroxylamine groups is 2. The number of esters is 1. The largest absolute Gasteiger partial charge is 0.420 e. The molecule has 2 aliphatic heterocycles. The number of halogens is 4. The number of amides is 2. The zero-order valence-electron chi connectivity index (χ0n) is 43.7. The number of fused-ring (bicyclic) bond motifs is 1. The molecule has 4 rings (SSSR count). The zero-order chi connectivity index (χ0) is 56.0. The molecule has 77 heavy (non-hydrogen) atoms. The normalized spacial score (nSPS) is 14.2. The van der Waals surface area contributed by atoms with Gasteiger partial charge in [0, 0.05) is 30.0 Å². The number of ether oxygens (including phenoxy) is 11. The maximum absolute atomic E-state index is 14.0. The molecular weight excluding hydrogens is 1070 g/mol. The molecule has 22 nitrogen and oxygen atoms in total. The van der Waals surface area contributed by atoms with Crippen LogP contribution in [0.2, 0.25) is 0 Å². The van der Waals surface area contributed by atoms with Crippen LogP contribution in [0.1, 0.15) is 56.2 Å². The van der Waals surface area contributed by atoms with Crippen molar-refractivity contribution in [2.24, 2.45) is 16.6 Å². The van der Waals surface area contributed by atoms with Crippen molar-refractivity contribution >= 4 is 56.8 Å². The molecule has 0 saturated carbocycles. The van der Waals surface area contributed by atoms with Crippen LogP contribution in [0.3, 0.4) is 0 Å². The van der Waals surface area contributed by atoms with Gasteiger partial charge in [0.1, 0.15) is 5.84 Å². The average molecular weight is 1150 g/mol. The Morgan fingerprint density at radius 2 is 1.14 bits per heavy atom. The van der Waals surface area contributed by atoms with Gasteiger partial charge in [-0.3, -0.25) is 23.8 Å². The topological polar surface area (TPSA) is 261 Å². The summed E-state index contributed by atoms with van der Waals surface area (Å²) in [7, 11) is -5.65. The summed E-state index contributed by atoms with van der Waals surface area (Å²) in [6.45, 7) is 13.6. The van der Waals surface area contributed by atoms with E-state index >= 15 is 0 Å². The van der Waals surface area contributed by atoms with Crippen LogP contribution in [0, 0.1) is 29.2 Å². The number of carbonyl (C=O) groups is 3. The number of carbonyl (C=O) groups excluding carboxylic acids is 3. The first-order valence-corrected chi connectivity index (χ1v) is 27.5. The fourth-order valence-electron chi connectivity index (χ4n) is 7.12. The van der Waals surface area contributed by atoms with E-state index in [1.54, 1.807) is 11.3 Å². The molecule has 1 aromatic heterocycles. The Morgan fingerprint density at radius 1 is 0.714 bits per heavy atom. The van der Waals surface area contributed by atoms with Crippen molar-refractivity contribution in [3.63, 3.8) is 0 Å². The highest BCUT2D eigenvalue weighted by molar-refractivity contribution is 7.85. The Labute approximate surface area is 450 Å². The molecule has 1 unspecified atom stereocenters. The highest BCUT2D eigenvalue weighted by atomic mass is 32.2. The van der Waals surface area contributed by atoms with Crippen molar-refractivity contribution < 1.29 is 102 Å². The minimum Gasteiger partial charge on any atom is -0.420 e. The third-order valence-corrected chi connectivity index (χ3v) is 13.1. The standard InChI is InChI=1S/C49H72F4N4O18S2/c1-4-34(3)57(74-5-2)49(60)36-29-39-38(55-40(54)30-36)31-37(76-39)28-35-32-56(33-35)41(58)6-8-64-10-12-66-14-16-68-18-20-70-22-24-72-26-27-73-25-23-71-21-19-69-17-15-67-13-11-65-9-7-42(59)75-47-43(50)45(52)48(77(61,62)63)46(53)44(47)51/h29,31,34-35H,4-28,30,32-33H2,1-3H3,(H2,54,55)(H,61,62,63). The molecule has 2 aromatic rings. The number of rotatable bonds is 42. The van der Waals surface area contributed by atoms with Gasteiger partial charge in [0.05, 0.1) is 168 Å². The smallest absolute Gasteiger partial charge is 0.313 e. The number of hydrogen-bond acceptors (Lipinski definition) is 20. The van der Waals surface area contributed by atoms with E-state index in [0.717, 1.165) is 28.3 Å². The Bertz CT molecular complexity index is 2280. The van der Waals surface area contributed by atoms with Crippen molar-refractivity contribution in [2.45, 2.75) is 63.8 Å². The van der Waals surface area contributed by atoms with Crippen LogP contribution in [0.25, 0.3) is 6.08 Å². The van der Waals surface area contributed by atoms with Crippen LogP contribution in [-0.4, -0.2) is 204 Å². The molecule has 1 atom stereocenters. The number of benzene rings is 1. The van der Waals surface area contributed by atoms with Crippen molar-refractivity contribution in [3.05, 3.63) is 44.7 Å². The van der Waals surface area contributed by atoms with Crippen LogP contribution >= 0.6 is 11.3 Å². The summed E-state index contributed by atoms with van der Waals surface area (Å²) < 4.78 is 145. The van der Waals surface area contributed by atoms with Crippen LogP contribution in [-0.2, 0) is 83.1 Å². The molecule has 0 radical (unpaired) electrons. The minimum atomic E-state index is -5.65. The fraction of sp³-hybridized carbons (Fsp3) is 0.673. The Hall–Kier alpha value is -4.27. The maximum Gasteiger partial charge on any atom is 0.313 e. The highest BCUT2D eigenvalue weighted by Crippen LogP contribution is 2.37. The second kappa shape index (κ2) is 36.1. The van der Waals surface area contributed by atoms with E-state index in [0.29, 0.717) is 143 Å². The first-order valence-electron chi connectivity index (χ1n) is 25.3. The number of aliphatic imine (C=N–C) groups is 1. The van der Waals surface area contributed by atoms with Gasteiger partial charge in [0.25, 0.3) is 5.91 Å². The van der Waals surface area contributed by atoms with Crippen molar-refractivity contribution in [2.75, 3.05) is 152 Å². The first kappa shape index (κ1) is 65.2. The van der Waals surface area contributed by atoms with Crippen LogP contribution < -0.4 is 10.5 Å². The third-order valence-electron chi connectivity index (χ3n) is 11.2. The van der Waals surface area contributed by atoms with E-state index in [4.69, 9.17) is 62.5 Å². The number of likely N-dealkylation sites (tertiary alicyclic amines) is 1. The van der Waals surface area contributed by atoms with E-state index in [9.17, 15) is 40.4 Å². The monoisotopic (exact) mass is 1140 g/mol. The Balaban J connectivity index is 0.841. The second-order valence-corrected chi connectivity index (χ2v) is 19.6. The minimum absolute atomic E-state index is 0.0192. The molecule has 1 aromatic carbocycles. The SMILES string of the molecule is CCON(C(=O)C1=Cc2sc(CC3CN(C(=O)CCOCCOCCOCCOCCOCCOCCOCCOCCOCCOCCC(=O)Oc4c(F)c(F)c(S(=O)(=O)O)c(F)c4F)C3)cc2N=C(N)C1)C(C)CC. The number of nitrogens with two attached hydrogens (primary N) is 1. The van der Waals surface area contributed by atoms with Gasteiger partial charge in [-0.05, 0) is 44.7 Å². The van der Waals surface area contributed by atoms with Crippen molar-refractivity contribution in [3.8, 4) is 5.75 Å². The summed E-state index contributed by atoms with van der Waals surface area (Å²) in [5.74, 6) is -12.1. The van der Waals surface area contributed by atoms with E-state index in [1.165, 1.54) is 5.06 Å². The van der Waals surface area contributed by atoms with Gasteiger partial charge in [0.15, 0.2) is 16.5 Å². The lowest BCUT2D eigenvalue weighted by Gasteiger charge is -2.39. The predicted molar refractivity (Wildman–Crippen MR) is 269 cm³/mol. The van der Waals surface area contributed by atoms with Gasteiger partial charge < -0.3 is 62.7 Å². The van der Waals surface area contributed by atoms with Crippen LogP contribution in [0.15, 0.2) is 21.5 Å². The van der Waals surface area contributed by atoms with Gasteiger partial charge >= 0.3 is 16.1 Å². The fourth-order valence-corrected chi connectivity index (χ4v) is 8.93. The van der Waals surface area contributed by atoms with Crippen molar-refractivity contribution in [1.82, 2.24) is 9.96 Å². The quantitative estimate of drug-likeness (QED) is 0.0177. The molecule has 0 spiro atoms. The molecule has 1 fully saturated rings. The van der Waals surface area contributed by atoms with Gasteiger partial charge in [-0.25, -0.2) is 18.8 Å². The molecule has 0 aliphatic carbocycles. The van der Waals surface area contributed by atoms with E-state index in [2.05, 4.69) is 9.73 Å². The molecule has 3 heterocycles. The molecule has 2 amide bonds. The summed E-state index contributed by atoms with van der Waals surface area (Å²) in [5.41, 5.74) is 7.54. The van der Waals surface area contributed by atoms with Crippen LogP contribution in [0.5, 0.6) is 5.75 Å². The summed E-state index contributed by atoms with van der Waals surface area (Å²) >= 11 is 1.60. The Morgan fingerprint density at radius 3 is 1.56 bits per heavy atom. The lowest BCUT2D eigenvalue weighted by Crippen LogP contribution is -2.50. The number of amidine groups is 1. The number of hydrogen-bond donors (Lipinski definition) is 2. The van der Waals surface area contributed by atoms with E-state index in [-0.39, 0.29) is 57.3 Å². The van der Waals surface area contributed by atoms with Gasteiger partial charge in [0.2, 0.25) is 23.3 Å². The Kier molecular flexibility index (Phi) is 30.6. The number of nitrogens with zero attached hydrogens (tertiary/aromatic N) is 3. The first-order chi connectivity index (χ1) is 37.0. The zero-order valence-corrected chi connectivity index (χ0v) is 45.4. The predicted octanol–water partition coefficient (Wildman–Crippen LogP) is 4.46. The molecular formula is C49H72F4N4O18S2. The average Bonchev–Trinajstić information content (AvgIpc) is 3.70. The molecule has 3 N–H and O–H groups in total. The van der Waals surface area contributed by atoms with Crippen LogP contribution in [0.4, 0.5) is 23.2 Å². The van der Waals surface area contributed by atoms with E-state index < -0.39 is 56.4 Å².